The average molecular weight is 574 g/mol. The molecule has 0 aliphatic heterocycles. The number of para-hydroxylation sites is 2. The fourth-order valence-electron chi connectivity index (χ4n) is 3.46. The van der Waals surface area contributed by atoms with Crippen molar-refractivity contribution in [1.29, 1.82) is 5.26 Å². The second kappa shape index (κ2) is 10.9. The number of nitrogens with zero attached hydrogens (tertiary/aromatic N) is 5. The van der Waals surface area contributed by atoms with Gasteiger partial charge < -0.3 is 21.8 Å². The zero-order chi connectivity index (χ0) is 29.1. The van der Waals surface area contributed by atoms with Crippen LogP contribution in [0, 0.1) is 21.4 Å². The smallest absolute Gasteiger partial charge is 0.310 e. The molecule has 0 radical (unpaired) electrons. The van der Waals surface area contributed by atoms with Crippen LogP contribution in [-0.4, -0.2) is 54.2 Å². The summed E-state index contributed by atoms with van der Waals surface area (Å²) in [5.74, 6) is 0.870. The van der Waals surface area contributed by atoms with Gasteiger partial charge in [-0.25, -0.2) is 31.8 Å². The van der Waals surface area contributed by atoms with Gasteiger partial charge in [-0.3, -0.25) is 10.1 Å². The van der Waals surface area contributed by atoms with E-state index in [9.17, 15) is 32.2 Å². The highest BCUT2D eigenvalue weighted by atomic mass is 32.2. The molecule has 0 saturated carbocycles. The predicted octanol–water partition coefficient (Wildman–Crippen LogP) is 1.96. The van der Waals surface area contributed by atoms with Gasteiger partial charge in [0.15, 0.2) is 19.7 Å². The minimum absolute atomic E-state index is 0.0798. The van der Waals surface area contributed by atoms with Gasteiger partial charge in [0.2, 0.25) is 0 Å². The molecule has 2 heterocycles. The molecule has 2 aromatic carbocycles. The minimum atomic E-state index is -3.62. The Morgan fingerprint density at radius 1 is 1.05 bits per heavy atom. The molecule has 0 aliphatic rings. The lowest BCUT2D eigenvalue weighted by Crippen LogP contribution is -2.12. The number of imidazole rings is 1. The third-order valence-corrected chi connectivity index (χ3v) is 7.51. The number of hydrogen-bond donors (Lipinski definition) is 4. The summed E-state index contributed by atoms with van der Waals surface area (Å²) in [4.78, 5) is 24.8. The molecule has 4 aromatic rings. The van der Waals surface area contributed by atoms with E-state index in [4.69, 9.17) is 11.5 Å². The highest BCUT2D eigenvalue weighted by molar-refractivity contribution is 7.91. The third kappa shape index (κ3) is 6.37. The lowest BCUT2D eigenvalue weighted by molar-refractivity contribution is -0.386. The lowest BCUT2D eigenvalue weighted by Gasteiger charge is -2.13. The summed E-state index contributed by atoms with van der Waals surface area (Å²) < 4.78 is 46.1. The molecule has 0 saturated heterocycles. The number of anilines is 3. The van der Waals surface area contributed by atoms with Gasteiger partial charge in [0.25, 0.3) is 0 Å². The first-order chi connectivity index (χ1) is 18.1. The number of H-pyrrole nitrogens is 1. The topological polar surface area (TPSA) is 254 Å². The number of aromatic nitrogens is 4. The number of aromatic amines is 1. The van der Waals surface area contributed by atoms with Crippen LogP contribution in [0.25, 0.3) is 11.0 Å². The van der Waals surface area contributed by atoms with Gasteiger partial charge >= 0.3 is 5.69 Å². The second-order valence-electron chi connectivity index (χ2n) is 8.23. The van der Waals surface area contributed by atoms with Crippen molar-refractivity contribution >= 4 is 53.7 Å². The molecule has 0 aliphatic carbocycles. The summed E-state index contributed by atoms with van der Waals surface area (Å²) in [6.07, 6.45) is 3.29. The Kier molecular flexibility index (Phi) is 8.02. The first-order valence-electron chi connectivity index (χ1n) is 10.8. The van der Waals surface area contributed by atoms with E-state index in [0.717, 1.165) is 18.6 Å². The summed E-state index contributed by atoms with van der Waals surface area (Å²) in [7, 11) is -7.02. The number of nitrogen functional groups attached to an aromatic ring is 2. The summed E-state index contributed by atoms with van der Waals surface area (Å²) in [5, 5.41) is 22.8. The maximum absolute atomic E-state index is 11.9. The Balaban J connectivity index is 0.000000255. The van der Waals surface area contributed by atoms with Crippen molar-refractivity contribution < 1.29 is 21.8 Å². The Labute approximate surface area is 222 Å². The van der Waals surface area contributed by atoms with Crippen LogP contribution >= 0.6 is 0 Å². The molecule has 0 unspecified atom stereocenters. The maximum atomic E-state index is 11.9. The van der Waals surface area contributed by atoms with Crippen molar-refractivity contribution in [1.82, 2.24) is 19.9 Å². The first-order valence-corrected chi connectivity index (χ1v) is 14.6. The van der Waals surface area contributed by atoms with Crippen LogP contribution in [0.5, 0.6) is 0 Å². The summed E-state index contributed by atoms with van der Waals surface area (Å²) in [6.45, 7) is 1.80. The predicted molar refractivity (Wildman–Crippen MR) is 143 cm³/mol. The fraction of sp³-hybridized carbons (Fsp3) is 0.182. The van der Waals surface area contributed by atoms with Gasteiger partial charge in [0, 0.05) is 12.5 Å². The van der Waals surface area contributed by atoms with Crippen LogP contribution in [-0.2, 0) is 19.7 Å². The molecule has 0 bridgehead atoms. The van der Waals surface area contributed by atoms with Crippen LogP contribution in [0.3, 0.4) is 0 Å². The van der Waals surface area contributed by atoms with Gasteiger partial charge in [-0.15, -0.1) is 0 Å². The quantitative estimate of drug-likeness (QED) is 0.146. The van der Waals surface area contributed by atoms with Crippen molar-refractivity contribution in [2.24, 2.45) is 0 Å². The molecular weight excluding hydrogens is 550 g/mol. The SMILES string of the molecule is CS(=O)(=O)c1cccc(N)c1[N+](=O)[O-].C[C@H](Nc1ncnc(N)c1C#N)c1nc2c(S(C)(=O)=O)cccc2[nH]1. The molecule has 1 atom stereocenters. The zero-order valence-corrected chi connectivity index (χ0v) is 22.4. The highest BCUT2D eigenvalue weighted by Gasteiger charge is 2.24. The Morgan fingerprint density at radius 3 is 2.23 bits per heavy atom. The number of fused-ring (bicyclic) bond motifs is 1. The monoisotopic (exact) mass is 573 g/mol. The molecule has 2 aromatic heterocycles. The number of nitrogens with two attached hydrogens (primary N) is 2. The van der Waals surface area contributed by atoms with Gasteiger partial charge in [0.05, 0.1) is 21.4 Å². The number of nitrogens with one attached hydrogen (secondary N) is 2. The van der Waals surface area contributed by atoms with Crippen LogP contribution in [0.2, 0.25) is 0 Å². The number of sulfone groups is 2. The molecule has 17 heteroatoms. The normalized spacial score (nSPS) is 12.2. The van der Waals surface area contributed by atoms with Crippen LogP contribution < -0.4 is 16.8 Å². The number of hydrogen-bond acceptors (Lipinski definition) is 13. The van der Waals surface area contributed by atoms with Gasteiger partial charge in [-0.2, -0.15) is 5.26 Å². The van der Waals surface area contributed by atoms with Gasteiger partial charge in [-0.05, 0) is 31.2 Å². The van der Waals surface area contributed by atoms with E-state index in [-0.39, 0.29) is 38.7 Å². The Hall–Kier alpha value is -4.82. The molecule has 6 N–H and O–H groups in total. The van der Waals surface area contributed by atoms with Crippen molar-refractivity contribution in [2.45, 2.75) is 22.8 Å². The Morgan fingerprint density at radius 2 is 1.67 bits per heavy atom. The van der Waals surface area contributed by atoms with E-state index in [1.165, 1.54) is 24.5 Å². The van der Waals surface area contributed by atoms with Crippen molar-refractivity contribution in [2.75, 3.05) is 29.3 Å². The summed E-state index contributed by atoms with van der Waals surface area (Å²) in [5.41, 5.74) is 11.4. The molecular formula is C22H23N9O6S2. The number of benzene rings is 2. The van der Waals surface area contributed by atoms with E-state index < -0.39 is 30.3 Å². The molecule has 15 nitrogen and oxygen atoms in total. The van der Waals surface area contributed by atoms with E-state index in [1.54, 1.807) is 19.1 Å². The molecule has 0 amide bonds. The van der Waals surface area contributed by atoms with E-state index in [0.29, 0.717) is 16.9 Å². The van der Waals surface area contributed by atoms with Gasteiger partial charge in [0.1, 0.15) is 51.5 Å². The van der Waals surface area contributed by atoms with E-state index >= 15 is 0 Å². The van der Waals surface area contributed by atoms with Crippen molar-refractivity contribution in [3.8, 4) is 6.07 Å². The fourth-order valence-corrected chi connectivity index (χ4v) is 5.16. The van der Waals surface area contributed by atoms with E-state index in [2.05, 4.69) is 25.3 Å². The number of nitro groups is 1. The standard InChI is InChI=1S/C15H15N7O2S.C7H8N2O4S/c1-8(20-15-9(6-16)13(17)18-7-19-15)14-21-10-4-3-5-11(12(10)22-14)25(2,23)24;1-14(12,13)6-4-2-3-5(8)7(6)9(10)11/h3-5,7-8H,1-2H3,(H,21,22)(H3,17,18,19,20);2-4H,8H2,1H3/t8-;/m0./s1. The zero-order valence-electron chi connectivity index (χ0n) is 20.8. The molecule has 0 fully saturated rings. The van der Waals surface area contributed by atoms with Crippen LogP contribution in [0.4, 0.5) is 23.0 Å². The number of rotatable bonds is 6. The van der Waals surface area contributed by atoms with Crippen LogP contribution in [0.15, 0.2) is 52.5 Å². The molecule has 4 rings (SSSR count). The van der Waals surface area contributed by atoms with Crippen molar-refractivity contribution in [3.63, 3.8) is 0 Å². The molecule has 0 spiro atoms. The van der Waals surface area contributed by atoms with Crippen LogP contribution in [0.1, 0.15) is 24.4 Å². The molecule has 39 heavy (non-hydrogen) atoms. The molecule has 204 valence electrons. The minimum Gasteiger partial charge on any atom is -0.393 e. The Bertz CT molecular complexity index is 1830. The maximum Gasteiger partial charge on any atom is 0.310 e. The highest BCUT2D eigenvalue weighted by Crippen LogP contribution is 2.29. The largest absolute Gasteiger partial charge is 0.393 e. The third-order valence-electron chi connectivity index (χ3n) is 5.26. The first kappa shape index (κ1) is 28.7. The van der Waals surface area contributed by atoms with Gasteiger partial charge in [-0.1, -0.05) is 12.1 Å². The average Bonchev–Trinajstić information content (AvgIpc) is 3.28. The van der Waals surface area contributed by atoms with E-state index in [1.807, 2.05) is 6.07 Å². The summed E-state index contributed by atoms with van der Waals surface area (Å²) >= 11 is 0. The number of nitriles is 1. The second-order valence-corrected chi connectivity index (χ2v) is 12.2. The van der Waals surface area contributed by atoms with Crippen molar-refractivity contribution in [3.05, 3.63) is 64.2 Å². The number of nitro benzene ring substituents is 1. The summed E-state index contributed by atoms with van der Waals surface area (Å²) in [6, 6.07) is 10.3. The lowest BCUT2D eigenvalue weighted by atomic mass is 10.2.